The molecule has 0 aliphatic carbocycles. The van der Waals surface area contributed by atoms with Crippen LogP contribution in [0.1, 0.15) is 35.8 Å². The molecule has 7 heteroatoms. The molecule has 3 rings (SSSR count). The van der Waals surface area contributed by atoms with Crippen molar-refractivity contribution < 1.29 is 19.4 Å². The Morgan fingerprint density at radius 1 is 1.30 bits per heavy atom. The number of nitrogens with zero attached hydrogens (tertiary/aromatic N) is 3. The maximum atomic E-state index is 13.1. The number of carboxylic acid groups (broad SMARTS) is 1. The van der Waals surface area contributed by atoms with E-state index in [-0.39, 0.29) is 19.1 Å². The van der Waals surface area contributed by atoms with Crippen LogP contribution in [0.4, 0.5) is 0 Å². The zero-order valence-electron chi connectivity index (χ0n) is 15.7. The van der Waals surface area contributed by atoms with Crippen LogP contribution in [-0.4, -0.2) is 58.5 Å². The number of benzene rings is 1. The second-order valence-electron chi connectivity index (χ2n) is 7.00. The molecule has 27 heavy (non-hydrogen) atoms. The van der Waals surface area contributed by atoms with Crippen LogP contribution in [-0.2, 0) is 16.0 Å². The van der Waals surface area contributed by atoms with Gasteiger partial charge < -0.3 is 14.7 Å². The third kappa shape index (κ3) is 3.60. The van der Waals surface area contributed by atoms with Gasteiger partial charge in [-0.3, -0.25) is 9.59 Å². The third-order valence-corrected chi connectivity index (χ3v) is 5.10. The first-order chi connectivity index (χ1) is 13.0. The highest BCUT2D eigenvalue weighted by molar-refractivity contribution is 5.96. The molecule has 0 radical (unpaired) electrons. The number of hydrogen-bond acceptors (Lipinski definition) is 4. The average molecular weight is 371 g/mol. The summed E-state index contributed by atoms with van der Waals surface area (Å²) in [6, 6.07) is 9.69. The zero-order valence-corrected chi connectivity index (χ0v) is 15.7. The molecule has 1 amide bonds. The molecule has 1 fully saturated rings. The van der Waals surface area contributed by atoms with Crippen molar-refractivity contribution in [2.24, 2.45) is 5.41 Å². The van der Waals surface area contributed by atoms with Gasteiger partial charge in [0.05, 0.1) is 29.7 Å². The Bertz CT molecular complexity index is 818. The minimum Gasteiger partial charge on any atom is -0.481 e. The van der Waals surface area contributed by atoms with E-state index < -0.39 is 11.4 Å². The van der Waals surface area contributed by atoms with Crippen molar-refractivity contribution in [3.05, 3.63) is 47.8 Å². The topological polar surface area (TPSA) is 84.7 Å². The molecule has 7 nitrogen and oxygen atoms in total. The van der Waals surface area contributed by atoms with E-state index in [0.29, 0.717) is 24.9 Å². The Morgan fingerprint density at radius 2 is 2.04 bits per heavy atom. The maximum Gasteiger partial charge on any atom is 0.313 e. The van der Waals surface area contributed by atoms with E-state index in [9.17, 15) is 14.7 Å². The van der Waals surface area contributed by atoms with E-state index in [1.807, 2.05) is 30.3 Å². The highest BCUT2D eigenvalue weighted by atomic mass is 16.5. The van der Waals surface area contributed by atoms with E-state index in [4.69, 9.17) is 4.74 Å². The molecule has 1 unspecified atom stereocenters. The lowest BCUT2D eigenvalue weighted by Crippen LogP contribution is -2.40. The summed E-state index contributed by atoms with van der Waals surface area (Å²) in [7, 11) is 1.48. The number of carbonyl (C=O) groups excluding carboxylic acids is 1. The van der Waals surface area contributed by atoms with Crippen molar-refractivity contribution in [3.63, 3.8) is 0 Å². The van der Waals surface area contributed by atoms with Crippen molar-refractivity contribution >= 4 is 11.9 Å². The number of amides is 1. The largest absolute Gasteiger partial charge is 0.481 e. The van der Waals surface area contributed by atoms with Crippen molar-refractivity contribution in [1.29, 1.82) is 0 Å². The van der Waals surface area contributed by atoms with Gasteiger partial charge in [0.1, 0.15) is 5.41 Å². The van der Waals surface area contributed by atoms with E-state index in [0.717, 1.165) is 17.8 Å². The van der Waals surface area contributed by atoms with Gasteiger partial charge in [-0.2, -0.15) is 5.10 Å². The quantitative estimate of drug-likeness (QED) is 0.808. The SMILES string of the molecule is CCCc1c(C(=O)N2CCC(COC)(C(=O)O)C2)cnn1-c1ccccc1. The summed E-state index contributed by atoms with van der Waals surface area (Å²) in [5.41, 5.74) is 1.26. The monoisotopic (exact) mass is 371 g/mol. The minimum atomic E-state index is -1.04. The van der Waals surface area contributed by atoms with Gasteiger partial charge in [0, 0.05) is 20.2 Å². The van der Waals surface area contributed by atoms with E-state index in [2.05, 4.69) is 12.0 Å². The van der Waals surface area contributed by atoms with Gasteiger partial charge in [-0.1, -0.05) is 31.5 Å². The Hall–Kier alpha value is -2.67. The summed E-state index contributed by atoms with van der Waals surface area (Å²) in [5.74, 6) is -1.09. The van der Waals surface area contributed by atoms with Crippen LogP contribution in [0.15, 0.2) is 36.5 Å². The van der Waals surface area contributed by atoms with Gasteiger partial charge in [-0.05, 0) is 25.0 Å². The summed E-state index contributed by atoms with van der Waals surface area (Å²) >= 11 is 0. The molecule has 1 N–H and O–H groups in total. The number of aliphatic carboxylic acids is 1. The molecule has 1 aromatic carbocycles. The molecule has 0 spiro atoms. The molecular weight excluding hydrogens is 346 g/mol. The molecule has 1 atom stereocenters. The fraction of sp³-hybridized carbons (Fsp3) is 0.450. The molecule has 1 aliphatic rings. The standard InChI is InChI=1S/C20H25N3O4/c1-3-7-17-16(12-21-23(17)15-8-5-4-6-9-15)18(24)22-11-10-20(13-22,14-27-2)19(25)26/h4-6,8-9,12H,3,7,10-11,13-14H2,1-2H3,(H,25,26). The predicted molar refractivity (Wildman–Crippen MR) is 100 cm³/mol. The fourth-order valence-corrected chi connectivity index (χ4v) is 3.67. The summed E-state index contributed by atoms with van der Waals surface area (Å²) in [6.07, 6.45) is 3.57. The smallest absolute Gasteiger partial charge is 0.313 e. The van der Waals surface area contributed by atoms with Crippen LogP contribution in [0.25, 0.3) is 5.69 Å². The molecule has 0 bridgehead atoms. The highest BCUT2D eigenvalue weighted by Gasteiger charge is 2.47. The molecule has 2 aromatic rings. The number of likely N-dealkylation sites (tertiary alicyclic amines) is 1. The molecule has 2 heterocycles. The first-order valence-electron chi connectivity index (χ1n) is 9.16. The normalized spacial score (nSPS) is 19.4. The van der Waals surface area contributed by atoms with Crippen molar-refractivity contribution in [2.45, 2.75) is 26.2 Å². The van der Waals surface area contributed by atoms with Crippen LogP contribution in [0, 0.1) is 5.41 Å². The number of aromatic nitrogens is 2. The van der Waals surface area contributed by atoms with Crippen LogP contribution in [0.2, 0.25) is 0 Å². The Labute approximate surface area is 158 Å². The number of hydrogen-bond donors (Lipinski definition) is 1. The highest BCUT2D eigenvalue weighted by Crippen LogP contribution is 2.32. The molecule has 1 aliphatic heterocycles. The molecule has 144 valence electrons. The number of carboxylic acids is 1. The first-order valence-corrected chi connectivity index (χ1v) is 9.16. The number of methoxy groups -OCH3 is 1. The van der Waals surface area contributed by atoms with E-state index in [1.165, 1.54) is 7.11 Å². The number of ether oxygens (including phenoxy) is 1. The predicted octanol–water partition coefficient (Wildman–Crippen LogP) is 2.39. The van der Waals surface area contributed by atoms with Gasteiger partial charge in [0.2, 0.25) is 0 Å². The third-order valence-electron chi connectivity index (χ3n) is 5.10. The van der Waals surface area contributed by atoms with Gasteiger partial charge in [-0.15, -0.1) is 0 Å². The van der Waals surface area contributed by atoms with E-state index in [1.54, 1.807) is 15.8 Å². The fourth-order valence-electron chi connectivity index (χ4n) is 3.67. The Morgan fingerprint density at radius 3 is 2.67 bits per heavy atom. The number of para-hydroxylation sites is 1. The van der Waals surface area contributed by atoms with Gasteiger partial charge in [-0.25, -0.2) is 4.68 Å². The zero-order chi connectivity index (χ0) is 19.4. The summed E-state index contributed by atoms with van der Waals surface area (Å²) < 4.78 is 6.91. The van der Waals surface area contributed by atoms with Crippen LogP contribution >= 0.6 is 0 Å². The van der Waals surface area contributed by atoms with Crippen molar-refractivity contribution in [1.82, 2.24) is 14.7 Å². The van der Waals surface area contributed by atoms with Crippen LogP contribution < -0.4 is 0 Å². The molecule has 0 saturated carbocycles. The van der Waals surface area contributed by atoms with Gasteiger partial charge in [0.25, 0.3) is 5.91 Å². The minimum absolute atomic E-state index is 0.0945. The summed E-state index contributed by atoms with van der Waals surface area (Å²) in [5, 5.41) is 14.1. The molecule has 1 saturated heterocycles. The number of rotatable bonds is 7. The first kappa shape index (κ1) is 19.1. The van der Waals surface area contributed by atoms with Crippen molar-refractivity contribution in [3.8, 4) is 5.69 Å². The van der Waals surface area contributed by atoms with Gasteiger partial charge >= 0.3 is 5.97 Å². The number of carbonyl (C=O) groups is 2. The van der Waals surface area contributed by atoms with Crippen LogP contribution in [0.5, 0.6) is 0 Å². The van der Waals surface area contributed by atoms with Crippen LogP contribution in [0.3, 0.4) is 0 Å². The summed E-state index contributed by atoms with van der Waals surface area (Å²) in [6.45, 7) is 2.70. The second kappa shape index (κ2) is 7.92. The Balaban J connectivity index is 1.89. The lowest BCUT2D eigenvalue weighted by Gasteiger charge is -2.23. The lowest BCUT2D eigenvalue weighted by atomic mass is 9.88. The van der Waals surface area contributed by atoms with E-state index >= 15 is 0 Å². The molecule has 1 aromatic heterocycles. The second-order valence-corrected chi connectivity index (χ2v) is 7.00. The molecular formula is C20H25N3O4. The van der Waals surface area contributed by atoms with Crippen molar-refractivity contribution in [2.75, 3.05) is 26.8 Å². The van der Waals surface area contributed by atoms with Gasteiger partial charge in [0.15, 0.2) is 0 Å². The Kier molecular flexibility index (Phi) is 5.60. The maximum absolute atomic E-state index is 13.1. The summed E-state index contributed by atoms with van der Waals surface area (Å²) in [4.78, 5) is 26.5. The average Bonchev–Trinajstić information content (AvgIpc) is 3.28. The lowest BCUT2D eigenvalue weighted by molar-refractivity contribution is -0.151.